The Kier molecular flexibility index (Phi) is 3.68. The highest BCUT2D eigenvalue weighted by atomic mass is 35.5. The third-order valence-electron chi connectivity index (χ3n) is 4.24. The van der Waals surface area contributed by atoms with Gasteiger partial charge in [-0.25, -0.2) is 0 Å². The molecule has 112 valence electrons. The number of aliphatic hydroxyl groups is 1. The molecule has 1 heterocycles. The molecule has 0 saturated carbocycles. The summed E-state index contributed by atoms with van der Waals surface area (Å²) in [4.78, 5) is 0. The van der Waals surface area contributed by atoms with Crippen molar-refractivity contribution in [2.75, 3.05) is 7.11 Å². The van der Waals surface area contributed by atoms with Crippen LogP contribution in [-0.2, 0) is 25.0 Å². The van der Waals surface area contributed by atoms with E-state index in [1.807, 2.05) is 19.1 Å². The van der Waals surface area contributed by atoms with Crippen molar-refractivity contribution < 1.29 is 9.84 Å². The number of benzene rings is 1. The quantitative estimate of drug-likeness (QED) is 0.948. The highest BCUT2D eigenvalue weighted by molar-refractivity contribution is 6.31. The van der Waals surface area contributed by atoms with Crippen LogP contribution in [0.15, 0.2) is 24.4 Å². The van der Waals surface area contributed by atoms with Gasteiger partial charge in [0.05, 0.1) is 24.0 Å². The Morgan fingerprint density at radius 3 is 2.95 bits per heavy atom. The first-order valence-corrected chi connectivity index (χ1v) is 7.55. The fraction of sp³-hybridized carbons (Fsp3) is 0.438. The number of halogens is 1. The van der Waals surface area contributed by atoms with Gasteiger partial charge in [0.1, 0.15) is 11.4 Å². The number of ether oxygens (including phenoxy) is 1. The van der Waals surface area contributed by atoms with Crippen molar-refractivity contribution in [3.05, 3.63) is 46.2 Å². The molecule has 0 radical (unpaired) electrons. The molecule has 0 bridgehead atoms. The van der Waals surface area contributed by atoms with E-state index in [1.54, 1.807) is 18.0 Å². The Bertz CT molecular complexity index is 668. The Hall–Kier alpha value is -1.52. The predicted molar refractivity (Wildman–Crippen MR) is 81.8 cm³/mol. The molecule has 0 amide bonds. The zero-order chi connectivity index (χ0) is 15.0. The van der Waals surface area contributed by atoms with Gasteiger partial charge in [0.15, 0.2) is 0 Å². The van der Waals surface area contributed by atoms with Crippen LogP contribution in [0.25, 0.3) is 0 Å². The van der Waals surface area contributed by atoms with Crippen molar-refractivity contribution in [2.24, 2.45) is 0 Å². The maximum Gasteiger partial charge on any atom is 0.119 e. The average Bonchev–Trinajstić information content (AvgIpc) is 2.88. The molecule has 21 heavy (non-hydrogen) atoms. The first kappa shape index (κ1) is 14.4. The second kappa shape index (κ2) is 5.35. The van der Waals surface area contributed by atoms with Gasteiger partial charge in [-0.3, -0.25) is 4.68 Å². The van der Waals surface area contributed by atoms with Gasteiger partial charge in [-0.1, -0.05) is 17.7 Å². The van der Waals surface area contributed by atoms with Crippen molar-refractivity contribution in [2.45, 2.75) is 38.3 Å². The molecular formula is C16H19ClN2O2. The molecule has 0 fully saturated rings. The van der Waals surface area contributed by atoms with E-state index in [0.717, 1.165) is 23.4 Å². The summed E-state index contributed by atoms with van der Waals surface area (Å²) in [5, 5.41) is 15.9. The van der Waals surface area contributed by atoms with Crippen LogP contribution in [0.5, 0.6) is 5.75 Å². The number of nitrogens with zero attached hydrogens (tertiary/aromatic N) is 2. The van der Waals surface area contributed by atoms with E-state index >= 15 is 0 Å². The Balaban J connectivity index is 2.02. The Labute approximate surface area is 129 Å². The number of aromatic nitrogens is 2. The van der Waals surface area contributed by atoms with E-state index in [9.17, 15) is 5.11 Å². The lowest BCUT2D eigenvalue weighted by Gasteiger charge is -2.34. The smallest absolute Gasteiger partial charge is 0.119 e. The van der Waals surface area contributed by atoms with Crippen LogP contribution in [0.3, 0.4) is 0 Å². The largest absolute Gasteiger partial charge is 0.497 e. The van der Waals surface area contributed by atoms with Crippen LogP contribution in [0.4, 0.5) is 0 Å². The van der Waals surface area contributed by atoms with E-state index in [2.05, 4.69) is 11.2 Å². The van der Waals surface area contributed by atoms with Gasteiger partial charge in [-0.15, -0.1) is 0 Å². The minimum Gasteiger partial charge on any atom is -0.497 e. The minimum atomic E-state index is -0.969. The summed E-state index contributed by atoms with van der Waals surface area (Å²) in [5.74, 6) is 0.813. The maximum absolute atomic E-state index is 11.1. The minimum absolute atomic E-state index is 0.533. The number of hydrogen-bond donors (Lipinski definition) is 1. The van der Waals surface area contributed by atoms with E-state index in [4.69, 9.17) is 16.3 Å². The molecule has 0 aliphatic heterocycles. The third-order valence-corrected chi connectivity index (χ3v) is 4.52. The zero-order valence-electron chi connectivity index (χ0n) is 12.3. The van der Waals surface area contributed by atoms with E-state index in [-0.39, 0.29) is 0 Å². The standard InChI is InChI=1S/C16H19ClN2O2/c1-3-19-15(14(17)10-18-19)16(20)7-6-11-4-5-13(21-2)8-12(11)9-16/h4-5,8,10,20H,3,6-7,9H2,1-2H3. The first-order chi connectivity index (χ1) is 10.1. The summed E-state index contributed by atoms with van der Waals surface area (Å²) in [6.07, 6.45) is 3.61. The number of fused-ring (bicyclic) bond motifs is 1. The maximum atomic E-state index is 11.1. The molecular weight excluding hydrogens is 288 g/mol. The second-order valence-corrected chi connectivity index (χ2v) is 5.91. The molecule has 1 aromatic carbocycles. The molecule has 4 nitrogen and oxygen atoms in total. The van der Waals surface area contributed by atoms with Crippen molar-refractivity contribution >= 4 is 11.6 Å². The molecule has 1 N–H and O–H groups in total. The van der Waals surface area contributed by atoms with Gasteiger partial charge in [-0.2, -0.15) is 5.10 Å². The van der Waals surface area contributed by atoms with E-state index in [1.165, 1.54) is 5.56 Å². The van der Waals surface area contributed by atoms with Gasteiger partial charge in [0.25, 0.3) is 0 Å². The highest BCUT2D eigenvalue weighted by Crippen LogP contribution is 2.40. The monoisotopic (exact) mass is 306 g/mol. The lowest BCUT2D eigenvalue weighted by Crippen LogP contribution is -2.35. The van der Waals surface area contributed by atoms with Crippen LogP contribution < -0.4 is 4.74 Å². The first-order valence-electron chi connectivity index (χ1n) is 7.17. The summed E-state index contributed by atoms with van der Waals surface area (Å²) in [5.41, 5.74) is 2.13. The molecule has 1 unspecified atom stereocenters. The molecule has 1 aromatic heterocycles. The third kappa shape index (κ3) is 2.43. The van der Waals surface area contributed by atoms with Gasteiger partial charge in [0.2, 0.25) is 0 Å². The Morgan fingerprint density at radius 1 is 1.43 bits per heavy atom. The van der Waals surface area contributed by atoms with Crippen molar-refractivity contribution in [3.63, 3.8) is 0 Å². The molecule has 5 heteroatoms. The van der Waals surface area contributed by atoms with E-state index in [0.29, 0.717) is 24.4 Å². The normalized spacial score (nSPS) is 21.1. The fourth-order valence-electron chi connectivity index (χ4n) is 3.15. The lowest BCUT2D eigenvalue weighted by atomic mass is 9.78. The summed E-state index contributed by atoms with van der Waals surface area (Å²) < 4.78 is 7.07. The summed E-state index contributed by atoms with van der Waals surface area (Å²) in [6.45, 7) is 2.69. The number of hydrogen-bond acceptors (Lipinski definition) is 3. The molecule has 3 rings (SSSR count). The van der Waals surface area contributed by atoms with Crippen LogP contribution in [0.2, 0.25) is 5.02 Å². The van der Waals surface area contributed by atoms with Crippen LogP contribution in [0, 0.1) is 0 Å². The fourth-order valence-corrected chi connectivity index (χ4v) is 3.47. The molecule has 1 aliphatic carbocycles. The van der Waals surface area contributed by atoms with Crippen LogP contribution in [-0.4, -0.2) is 22.0 Å². The van der Waals surface area contributed by atoms with Gasteiger partial charge in [-0.05, 0) is 43.0 Å². The van der Waals surface area contributed by atoms with Crippen LogP contribution >= 0.6 is 11.6 Å². The summed E-state index contributed by atoms with van der Waals surface area (Å²) in [7, 11) is 1.65. The van der Waals surface area contributed by atoms with Gasteiger partial charge >= 0.3 is 0 Å². The van der Waals surface area contributed by atoms with Crippen molar-refractivity contribution in [3.8, 4) is 5.75 Å². The van der Waals surface area contributed by atoms with Crippen molar-refractivity contribution in [1.29, 1.82) is 0 Å². The van der Waals surface area contributed by atoms with E-state index < -0.39 is 5.60 Å². The Morgan fingerprint density at radius 2 is 2.24 bits per heavy atom. The molecule has 0 spiro atoms. The summed E-state index contributed by atoms with van der Waals surface area (Å²) >= 11 is 6.26. The highest BCUT2D eigenvalue weighted by Gasteiger charge is 2.38. The number of aryl methyl sites for hydroxylation is 2. The zero-order valence-corrected chi connectivity index (χ0v) is 13.0. The predicted octanol–water partition coefficient (Wildman–Crippen LogP) is 2.94. The van der Waals surface area contributed by atoms with Crippen LogP contribution in [0.1, 0.15) is 30.2 Å². The molecule has 2 aromatic rings. The number of methoxy groups -OCH3 is 1. The molecule has 1 atom stereocenters. The van der Waals surface area contributed by atoms with Crippen molar-refractivity contribution in [1.82, 2.24) is 9.78 Å². The lowest BCUT2D eigenvalue weighted by molar-refractivity contribution is 0.0136. The second-order valence-electron chi connectivity index (χ2n) is 5.50. The average molecular weight is 307 g/mol. The molecule has 1 aliphatic rings. The SMILES string of the molecule is CCn1ncc(Cl)c1C1(O)CCc2ccc(OC)cc2C1. The topological polar surface area (TPSA) is 47.3 Å². The van der Waals surface area contributed by atoms with Gasteiger partial charge < -0.3 is 9.84 Å². The molecule has 0 saturated heterocycles. The number of rotatable bonds is 3. The summed E-state index contributed by atoms with van der Waals surface area (Å²) in [6, 6.07) is 6.04. The van der Waals surface area contributed by atoms with Gasteiger partial charge in [0, 0.05) is 13.0 Å².